The summed E-state index contributed by atoms with van der Waals surface area (Å²) in [6.07, 6.45) is 2.18. The van der Waals surface area contributed by atoms with Crippen molar-refractivity contribution >= 4 is 5.97 Å². The van der Waals surface area contributed by atoms with Crippen molar-refractivity contribution in [2.24, 2.45) is 0 Å². The van der Waals surface area contributed by atoms with Gasteiger partial charge in [-0.2, -0.15) is 0 Å². The highest BCUT2D eigenvalue weighted by atomic mass is 16.4. The topological polar surface area (TPSA) is 70.7 Å². The molecular formula is C15H16O4. The number of furan rings is 1. The Morgan fingerprint density at radius 2 is 1.89 bits per heavy atom. The van der Waals surface area contributed by atoms with Gasteiger partial charge in [-0.15, -0.1) is 0 Å². The summed E-state index contributed by atoms with van der Waals surface area (Å²) in [7, 11) is 0. The molecule has 19 heavy (non-hydrogen) atoms. The van der Waals surface area contributed by atoms with Gasteiger partial charge in [0.25, 0.3) is 0 Å². The summed E-state index contributed by atoms with van der Waals surface area (Å²) in [6, 6.07) is 8.73. The van der Waals surface area contributed by atoms with Gasteiger partial charge in [0.2, 0.25) is 0 Å². The summed E-state index contributed by atoms with van der Waals surface area (Å²) in [5.41, 5.74) is 0.257. The highest BCUT2D eigenvalue weighted by Crippen LogP contribution is 2.32. The molecule has 0 aliphatic rings. The minimum absolute atomic E-state index is 0.0235. The zero-order valence-electron chi connectivity index (χ0n) is 10.9. The summed E-state index contributed by atoms with van der Waals surface area (Å²) in [5, 5.41) is 19.7. The molecular weight excluding hydrogens is 244 g/mol. The molecule has 0 saturated carbocycles. The van der Waals surface area contributed by atoms with Crippen molar-refractivity contribution < 1.29 is 19.4 Å². The van der Waals surface area contributed by atoms with Crippen LogP contribution < -0.4 is 0 Å². The van der Waals surface area contributed by atoms with Gasteiger partial charge in [0.05, 0.1) is 6.26 Å². The third-order valence-electron chi connectivity index (χ3n) is 3.26. The van der Waals surface area contributed by atoms with E-state index in [9.17, 15) is 9.90 Å². The van der Waals surface area contributed by atoms with Gasteiger partial charge in [-0.1, -0.05) is 31.2 Å². The molecule has 1 aromatic carbocycles. The molecule has 1 aromatic heterocycles. The van der Waals surface area contributed by atoms with Crippen LogP contribution in [0.1, 0.15) is 41.1 Å². The van der Waals surface area contributed by atoms with Crippen molar-refractivity contribution in [1.82, 2.24) is 0 Å². The molecule has 2 aromatic rings. The van der Waals surface area contributed by atoms with E-state index in [4.69, 9.17) is 9.52 Å². The lowest BCUT2D eigenvalue weighted by atomic mass is 9.90. The maximum atomic E-state index is 11.1. The van der Waals surface area contributed by atoms with E-state index in [1.807, 2.05) is 19.1 Å². The van der Waals surface area contributed by atoms with Crippen molar-refractivity contribution in [3.05, 3.63) is 59.0 Å². The quantitative estimate of drug-likeness (QED) is 0.886. The SMILES string of the molecule is CCc1ccc(C(C)(O)c2occc2C(=O)O)cc1. The Morgan fingerprint density at radius 3 is 2.42 bits per heavy atom. The first-order chi connectivity index (χ1) is 8.96. The molecule has 100 valence electrons. The predicted octanol–water partition coefficient (Wildman–Crippen LogP) is 2.80. The molecule has 0 aliphatic heterocycles. The number of carbonyl (C=O) groups is 1. The molecule has 0 spiro atoms. The van der Waals surface area contributed by atoms with Gasteiger partial charge in [0.1, 0.15) is 11.2 Å². The molecule has 1 unspecified atom stereocenters. The fraction of sp³-hybridized carbons (Fsp3) is 0.267. The second-order valence-electron chi connectivity index (χ2n) is 4.59. The summed E-state index contributed by atoms with van der Waals surface area (Å²) >= 11 is 0. The molecule has 0 aliphatic carbocycles. The maximum Gasteiger partial charge on any atom is 0.339 e. The van der Waals surface area contributed by atoms with Gasteiger partial charge in [-0.05, 0) is 30.5 Å². The Morgan fingerprint density at radius 1 is 1.26 bits per heavy atom. The monoisotopic (exact) mass is 260 g/mol. The van der Waals surface area contributed by atoms with Crippen LogP contribution in [0, 0.1) is 0 Å². The molecule has 2 rings (SSSR count). The van der Waals surface area contributed by atoms with Crippen LogP contribution in [0.3, 0.4) is 0 Å². The van der Waals surface area contributed by atoms with Gasteiger partial charge in [0.15, 0.2) is 5.76 Å². The molecule has 0 radical (unpaired) electrons. The highest BCUT2D eigenvalue weighted by molar-refractivity contribution is 5.89. The molecule has 4 heteroatoms. The second-order valence-corrected chi connectivity index (χ2v) is 4.59. The Labute approximate surface area is 111 Å². The summed E-state index contributed by atoms with van der Waals surface area (Å²) in [6.45, 7) is 3.57. The molecule has 0 bridgehead atoms. The maximum absolute atomic E-state index is 11.1. The lowest BCUT2D eigenvalue weighted by molar-refractivity contribution is 0.0615. The lowest BCUT2D eigenvalue weighted by Gasteiger charge is -2.22. The number of rotatable bonds is 4. The van der Waals surface area contributed by atoms with Crippen molar-refractivity contribution in [2.45, 2.75) is 25.9 Å². The summed E-state index contributed by atoms with van der Waals surface area (Å²) in [5.74, 6) is -1.07. The van der Waals surface area contributed by atoms with E-state index < -0.39 is 11.6 Å². The first kappa shape index (κ1) is 13.4. The van der Waals surface area contributed by atoms with E-state index >= 15 is 0 Å². The van der Waals surface area contributed by atoms with Crippen LogP contribution >= 0.6 is 0 Å². The van der Waals surface area contributed by atoms with Crippen LogP contribution in [0.15, 0.2) is 41.0 Å². The van der Waals surface area contributed by atoms with Crippen LogP contribution in [0.5, 0.6) is 0 Å². The van der Waals surface area contributed by atoms with Crippen LogP contribution in [0.4, 0.5) is 0 Å². The Kier molecular flexibility index (Phi) is 3.44. The van der Waals surface area contributed by atoms with Crippen molar-refractivity contribution in [3.8, 4) is 0 Å². The van der Waals surface area contributed by atoms with E-state index in [1.54, 1.807) is 12.1 Å². The van der Waals surface area contributed by atoms with Crippen molar-refractivity contribution in [2.75, 3.05) is 0 Å². The number of benzene rings is 1. The standard InChI is InChI=1S/C15H16O4/c1-3-10-4-6-11(7-5-10)15(2,18)13-12(14(16)17)8-9-19-13/h4-9,18H,3H2,1-2H3,(H,16,17). The number of carboxylic acid groups (broad SMARTS) is 1. The minimum atomic E-state index is -1.47. The van der Waals surface area contributed by atoms with Gasteiger partial charge in [0, 0.05) is 0 Å². The van der Waals surface area contributed by atoms with Crippen molar-refractivity contribution in [3.63, 3.8) is 0 Å². The Bertz CT molecular complexity index is 578. The minimum Gasteiger partial charge on any atom is -0.478 e. The first-order valence-electron chi connectivity index (χ1n) is 6.10. The van der Waals surface area contributed by atoms with Gasteiger partial charge in [-0.3, -0.25) is 0 Å². The molecule has 0 fully saturated rings. The number of carboxylic acids is 1. The molecule has 0 amide bonds. The van der Waals surface area contributed by atoms with Gasteiger partial charge < -0.3 is 14.6 Å². The second kappa shape index (κ2) is 4.90. The Hall–Kier alpha value is -2.07. The van der Waals surface area contributed by atoms with Crippen LogP contribution in [-0.2, 0) is 12.0 Å². The fourth-order valence-electron chi connectivity index (χ4n) is 2.05. The van der Waals surface area contributed by atoms with E-state index in [0.717, 1.165) is 12.0 Å². The molecule has 1 heterocycles. The smallest absolute Gasteiger partial charge is 0.339 e. The normalized spacial score (nSPS) is 14.1. The molecule has 4 nitrogen and oxygen atoms in total. The first-order valence-corrected chi connectivity index (χ1v) is 6.10. The zero-order valence-corrected chi connectivity index (χ0v) is 10.9. The third-order valence-corrected chi connectivity index (χ3v) is 3.26. The van der Waals surface area contributed by atoms with Gasteiger partial charge >= 0.3 is 5.97 Å². The summed E-state index contributed by atoms with van der Waals surface area (Å²) < 4.78 is 5.17. The average molecular weight is 260 g/mol. The van der Waals surface area contributed by atoms with Crippen LogP contribution in [0.25, 0.3) is 0 Å². The number of aliphatic hydroxyl groups is 1. The highest BCUT2D eigenvalue weighted by Gasteiger charge is 2.33. The number of aryl methyl sites for hydroxylation is 1. The van der Waals surface area contributed by atoms with E-state index in [2.05, 4.69) is 0 Å². The van der Waals surface area contributed by atoms with E-state index in [0.29, 0.717) is 5.56 Å². The fourth-order valence-corrected chi connectivity index (χ4v) is 2.05. The molecule has 2 N–H and O–H groups in total. The molecule has 1 atom stereocenters. The average Bonchev–Trinajstić information content (AvgIpc) is 2.89. The third kappa shape index (κ3) is 2.39. The number of aromatic carboxylic acids is 1. The van der Waals surface area contributed by atoms with E-state index in [1.165, 1.54) is 19.3 Å². The largest absolute Gasteiger partial charge is 0.478 e. The number of hydrogen-bond acceptors (Lipinski definition) is 3. The Balaban J connectivity index is 2.45. The lowest BCUT2D eigenvalue weighted by Crippen LogP contribution is -2.24. The summed E-state index contributed by atoms with van der Waals surface area (Å²) in [4.78, 5) is 11.1. The zero-order chi connectivity index (χ0) is 14.0. The van der Waals surface area contributed by atoms with Gasteiger partial charge in [-0.25, -0.2) is 4.79 Å². The van der Waals surface area contributed by atoms with Crippen molar-refractivity contribution in [1.29, 1.82) is 0 Å². The van der Waals surface area contributed by atoms with Crippen LogP contribution in [-0.4, -0.2) is 16.2 Å². The van der Waals surface area contributed by atoms with Crippen LogP contribution in [0.2, 0.25) is 0 Å². The number of hydrogen-bond donors (Lipinski definition) is 2. The molecule has 0 saturated heterocycles. The van der Waals surface area contributed by atoms with E-state index in [-0.39, 0.29) is 11.3 Å². The predicted molar refractivity (Wildman–Crippen MR) is 70.2 cm³/mol.